The third-order valence-electron chi connectivity index (χ3n) is 2.67. The van der Waals surface area contributed by atoms with Crippen LogP contribution in [-0.4, -0.2) is 18.8 Å². The standard InChI is InChI=1S/C12H17BrO2/c1-8-7-11(13)12(15-3)10(9(8)2)5-4-6-14/h7,14H,4-6H2,1-3H3. The van der Waals surface area contributed by atoms with Gasteiger partial charge in [-0.05, 0) is 65.4 Å². The quantitative estimate of drug-likeness (QED) is 0.913. The summed E-state index contributed by atoms with van der Waals surface area (Å²) in [7, 11) is 1.68. The average molecular weight is 273 g/mol. The summed E-state index contributed by atoms with van der Waals surface area (Å²) in [6.45, 7) is 4.40. The highest BCUT2D eigenvalue weighted by Crippen LogP contribution is 2.34. The third-order valence-corrected chi connectivity index (χ3v) is 3.26. The molecule has 2 nitrogen and oxygen atoms in total. The molecule has 0 unspecified atom stereocenters. The molecule has 1 N–H and O–H groups in total. The Balaban J connectivity index is 3.18. The van der Waals surface area contributed by atoms with Crippen molar-refractivity contribution in [3.8, 4) is 5.75 Å². The summed E-state index contributed by atoms with van der Waals surface area (Å²) in [5.74, 6) is 0.895. The van der Waals surface area contributed by atoms with E-state index in [0.29, 0.717) is 0 Å². The lowest BCUT2D eigenvalue weighted by atomic mass is 9.98. The van der Waals surface area contributed by atoms with Crippen molar-refractivity contribution in [2.45, 2.75) is 26.7 Å². The second kappa shape index (κ2) is 5.52. The number of methoxy groups -OCH3 is 1. The molecule has 0 atom stereocenters. The summed E-state index contributed by atoms with van der Waals surface area (Å²) >= 11 is 3.50. The Labute approximate surface area is 99.4 Å². The number of aryl methyl sites for hydroxylation is 1. The highest BCUT2D eigenvalue weighted by molar-refractivity contribution is 9.10. The van der Waals surface area contributed by atoms with Crippen LogP contribution in [0.2, 0.25) is 0 Å². The molecule has 1 aromatic carbocycles. The molecule has 1 rings (SSSR count). The van der Waals surface area contributed by atoms with Crippen molar-refractivity contribution in [2.24, 2.45) is 0 Å². The molecule has 0 saturated heterocycles. The monoisotopic (exact) mass is 272 g/mol. The Morgan fingerprint density at radius 1 is 1.40 bits per heavy atom. The van der Waals surface area contributed by atoms with Gasteiger partial charge in [-0.25, -0.2) is 0 Å². The molecule has 0 amide bonds. The molecule has 84 valence electrons. The molecule has 3 heteroatoms. The summed E-state index contributed by atoms with van der Waals surface area (Å²) in [4.78, 5) is 0. The SMILES string of the molecule is COc1c(Br)cc(C)c(C)c1CCCO. The highest BCUT2D eigenvalue weighted by Gasteiger charge is 2.12. The summed E-state index contributed by atoms with van der Waals surface area (Å²) in [6.07, 6.45) is 1.62. The number of ether oxygens (including phenoxy) is 1. The summed E-state index contributed by atoms with van der Waals surface area (Å²) in [6, 6.07) is 2.07. The Morgan fingerprint density at radius 2 is 2.07 bits per heavy atom. The summed E-state index contributed by atoms with van der Waals surface area (Å²) in [5.41, 5.74) is 3.69. The van der Waals surface area contributed by atoms with Crippen molar-refractivity contribution < 1.29 is 9.84 Å². The molecule has 0 heterocycles. The first-order chi connectivity index (χ1) is 7.11. The second-order valence-corrected chi connectivity index (χ2v) is 4.49. The van der Waals surface area contributed by atoms with E-state index in [1.54, 1.807) is 7.11 Å². The van der Waals surface area contributed by atoms with Gasteiger partial charge in [0.05, 0.1) is 11.6 Å². The maximum atomic E-state index is 8.87. The van der Waals surface area contributed by atoms with Gasteiger partial charge in [-0.1, -0.05) is 0 Å². The fourth-order valence-corrected chi connectivity index (χ4v) is 2.44. The molecular formula is C12H17BrO2. The number of hydrogen-bond donors (Lipinski definition) is 1. The largest absolute Gasteiger partial charge is 0.495 e. The zero-order valence-corrected chi connectivity index (χ0v) is 11.0. The van der Waals surface area contributed by atoms with E-state index >= 15 is 0 Å². The molecule has 0 saturated carbocycles. The highest BCUT2D eigenvalue weighted by atomic mass is 79.9. The molecule has 0 aliphatic rings. The van der Waals surface area contributed by atoms with E-state index in [4.69, 9.17) is 9.84 Å². The van der Waals surface area contributed by atoms with E-state index in [9.17, 15) is 0 Å². The minimum Gasteiger partial charge on any atom is -0.495 e. The first-order valence-electron chi connectivity index (χ1n) is 5.05. The van der Waals surface area contributed by atoms with Crippen LogP contribution in [0, 0.1) is 13.8 Å². The van der Waals surface area contributed by atoms with Crippen LogP contribution in [0.4, 0.5) is 0 Å². The van der Waals surface area contributed by atoms with E-state index in [-0.39, 0.29) is 6.61 Å². The van der Waals surface area contributed by atoms with Gasteiger partial charge in [-0.15, -0.1) is 0 Å². The van der Waals surface area contributed by atoms with Crippen molar-refractivity contribution in [1.29, 1.82) is 0 Å². The molecule has 0 aromatic heterocycles. The Bertz CT molecular complexity index is 348. The predicted octanol–water partition coefficient (Wildman–Crippen LogP) is 3.00. The fraction of sp³-hybridized carbons (Fsp3) is 0.500. The molecule has 0 bridgehead atoms. The molecule has 0 spiro atoms. The molecule has 0 aliphatic carbocycles. The lowest BCUT2D eigenvalue weighted by Crippen LogP contribution is -2.00. The smallest absolute Gasteiger partial charge is 0.136 e. The van der Waals surface area contributed by atoms with Crippen molar-refractivity contribution in [3.05, 3.63) is 27.2 Å². The van der Waals surface area contributed by atoms with Gasteiger partial charge in [-0.3, -0.25) is 0 Å². The maximum absolute atomic E-state index is 8.87. The van der Waals surface area contributed by atoms with Gasteiger partial charge in [0.2, 0.25) is 0 Å². The van der Waals surface area contributed by atoms with E-state index in [2.05, 4.69) is 35.8 Å². The number of hydrogen-bond acceptors (Lipinski definition) is 2. The van der Waals surface area contributed by atoms with E-state index in [1.807, 2.05) is 0 Å². The van der Waals surface area contributed by atoms with E-state index in [1.165, 1.54) is 16.7 Å². The topological polar surface area (TPSA) is 29.5 Å². The lowest BCUT2D eigenvalue weighted by molar-refractivity contribution is 0.287. The minimum atomic E-state index is 0.216. The number of halogens is 1. The fourth-order valence-electron chi connectivity index (χ4n) is 1.69. The second-order valence-electron chi connectivity index (χ2n) is 3.64. The van der Waals surface area contributed by atoms with Crippen LogP contribution in [0.1, 0.15) is 23.1 Å². The van der Waals surface area contributed by atoms with Gasteiger partial charge < -0.3 is 9.84 Å². The number of rotatable bonds is 4. The summed E-state index contributed by atoms with van der Waals surface area (Å²) in [5, 5.41) is 8.87. The number of aliphatic hydroxyl groups is 1. The van der Waals surface area contributed by atoms with Crippen LogP contribution in [0.3, 0.4) is 0 Å². The number of aliphatic hydroxyl groups excluding tert-OH is 1. The van der Waals surface area contributed by atoms with Gasteiger partial charge >= 0.3 is 0 Å². The predicted molar refractivity (Wildman–Crippen MR) is 65.6 cm³/mol. The normalized spacial score (nSPS) is 10.5. The molecule has 0 aliphatic heterocycles. The van der Waals surface area contributed by atoms with Gasteiger partial charge in [0.1, 0.15) is 5.75 Å². The van der Waals surface area contributed by atoms with E-state index in [0.717, 1.165) is 23.1 Å². The van der Waals surface area contributed by atoms with E-state index < -0.39 is 0 Å². The average Bonchev–Trinajstić information content (AvgIpc) is 2.21. The third kappa shape index (κ3) is 2.73. The zero-order valence-electron chi connectivity index (χ0n) is 9.43. The van der Waals surface area contributed by atoms with Crippen LogP contribution in [0.25, 0.3) is 0 Å². The molecule has 15 heavy (non-hydrogen) atoms. The molecular weight excluding hydrogens is 256 g/mol. The first-order valence-corrected chi connectivity index (χ1v) is 5.84. The van der Waals surface area contributed by atoms with Crippen molar-refractivity contribution in [2.75, 3.05) is 13.7 Å². The molecule has 0 radical (unpaired) electrons. The molecule has 1 aromatic rings. The number of benzene rings is 1. The van der Waals surface area contributed by atoms with Gasteiger partial charge in [0, 0.05) is 6.61 Å². The van der Waals surface area contributed by atoms with Crippen LogP contribution >= 0.6 is 15.9 Å². The zero-order chi connectivity index (χ0) is 11.4. The first kappa shape index (κ1) is 12.5. The Morgan fingerprint density at radius 3 is 2.60 bits per heavy atom. The Hall–Kier alpha value is -0.540. The van der Waals surface area contributed by atoms with Crippen molar-refractivity contribution >= 4 is 15.9 Å². The Kier molecular flexibility index (Phi) is 4.61. The maximum Gasteiger partial charge on any atom is 0.136 e. The molecule has 0 fully saturated rings. The van der Waals surface area contributed by atoms with Crippen molar-refractivity contribution in [3.63, 3.8) is 0 Å². The minimum absolute atomic E-state index is 0.216. The van der Waals surface area contributed by atoms with Gasteiger partial charge in [0.15, 0.2) is 0 Å². The summed E-state index contributed by atoms with van der Waals surface area (Å²) < 4.78 is 6.37. The van der Waals surface area contributed by atoms with Gasteiger partial charge in [0.25, 0.3) is 0 Å². The van der Waals surface area contributed by atoms with Crippen molar-refractivity contribution in [1.82, 2.24) is 0 Å². The van der Waals surface area contributed by atoms with Crippen LogP contribution in [0.15, 0.2) is 10.5 Å². The van der Waals surface area contributed by atoms with Crippen LogP contribution in [-0.2, 0) is 6.42 Å². The van der Waals surface area contributed by atoms with Crippen LogP contribution < -0.4 is 4.74 Å². The van der Waals surface area contributed by atoms with Crippen LogP contribution in [0.5, 0.6) is 5.75 Å². The van der Waals surface area contributed by atoms with Gasteiger partial charge in [-0.2, -0.15) is 0 Å². The lowest BCUT2D eigenvalue weighted by Gasteiger charge is -2.15.